The quantitative estimate of drug-likeness (QED) is 0.540. The predicted octanol–water partition coefficient (Wildman–Crippen LogP) is 1.31. The van der Waals surface area contributed by atoms with Gasteiger partial charge in [-0.2, -0.15) is 0 Å². The Morgan fingerprint density at radius 2 is 2.00 bits per heavy atom. The number of ether oxygens (including phenoxy) is 2. The van der Waals surface area contributed by atoms with E-state index in [2.05, 4.69) is 5.32 Å². The van der Waals surface area contributed by atoms with Gasteiger partial charge in [0.25, 0.3) is 0 Å². The monoisotopic (exact) mass is 253 g/mol. The first-order chi connectivity index (χ1) is 8.72. The van der Waals surface area contributed by atoms with E-state index >= 15 is 0 Å². The minimum atomic E-state index is -0.190. The van der Waals surface area contributed by atoms with Crippen LogP contribution in [-0.4, -0.2) is 37.4 Å². The van der Waals surface area contributed by atoms with E-state index < -0.39 is 0 Å². The molecule has 0 heterocycles. The molecule has 0 saturated heterocycles. The highest BCUT2D eigenvalue weighted by Gasteiger charge is 2.00. The van der Waals surface area contributed by atoms with Gasteiger partial charge in [-0.3, -0.25) is 4.79 Å². The maximum absolute atomic E-state index is 11.0. The summed E-state index contributed by atoms with van der Waals surface area (Å²) >= 11 is 0. The van der Waals surface area contributed by atoms with Crippen molar-refractivity contribution >= 4 is 5.97 Å². The molecular weight excluding hydrogens is 234 g/mol. The van der Waals surface area contributed by atoms with Crippen molar-refractivity contribution in [1.82, 2.24) is 5.32 Å². The molecule has 0 bridgehead atoms. The molecule has 1 aromatic carbocycles. The largest absolute Gasteiger partial charge is 0.508 e. The first-order valence-electron chi connectivity index (χ1n) is 6.00. The Kier molecular flexibility index (Phi) is 6.64. The summed E-state index contributed by atoms with van der Waals surface area (Å²) in [6, 6.07) is 6.55. The van der Waals surface area contributed by atoms with E-state index in [-0.39, 0.29) is 11.7 Å². The highest BCUT2D eigenvalue weighted by Crippen LogP contribution is 2.15. The number of aromatic hydroxyl groups is 1. The van der Waals surface area contributed by atoms with Gasteiger partial charge in [0.15, 0.2) is 0 Å². The van der Waals surface area contributed by atoms with Crippen molar-refractivity contribution in [1.29, 1.82) is 0 Å². The van der Waals surface area contributed by atoms with Gasteiger partial charge in [-0.15, -0.1) is 0 Å². The van der Waals surface area contributed by atoms with Gasteiger partial charge in [-0.25, -0.2) is 0 Å². The SMILES string of the molecule is CCOC(=O)CCNCCOc1ccc(O)cc1. The summed E-state index contributed by atoms with van der Waals surface area (Å²) in [7, 11) is 0. The van der Waals surface area contributed by atoms with Crippen molar-refractivity contribution in [3.8, 4) is 11.5 Å². The van der Waals surface area contributed by atoms with Gasteiger partial charge in [0.2, 0.25) is 0 Å². The van der Waals surface area contributed by atoms with Crippen LogP contribution in [0.2, 0.25) is 0 Å². The summed E-state index contributed by atoms with van der Waals surface area (Å²) in [5.74, 6) is 0.736. The number of rotatable bonds is 8. The van der Waals surface area contributed by atoms with Crippen molar-refractivity contribution < 1.29 is 19.4 Å². The standard InChI is InChI=1S/C13H19NO4/c1-2-17-13(16)7-8-14-9-10-18-12-5-3-11(15)4-6-12/h3-6,14-15H,2,7-10H2,1H3. The maximum atomic E-state index is 11.0. The van der Waals surface area contributed by atoms with Crippen molar-refractivity contribution in [2.75, 3.05) is 26.3 Å². The third-order valence-electron chi connectivity index (χ3n) is 2.20. The van der Waals surface area contributed by atoms with Crippen molar-refractivity contribution in [3.63, 3.8) is 0 Å². The van der Waals surface area contributed by atoms with E-state index in [1.807, 2.05) is 0 Å². The van der Waals surface area contributed by atoms with Crippen LogP contribution < -0.4 is 10.1 Å². The van der Waals surface area contributed by atoms with Gasteiger partial charge in [0.05, 0.1) is 13.0 Å². The van der Waals surface area contributed by atoms with Crippen molar-refractivity contribution in [2.24, 2.45) is 0 Å². The Morgan fingerprint density at radius 3 is 2.67 bits per heavy atom. The highest BCUT2D eigenvalue weighted by atomic mass is 16.5. The lowest BCUT2D eigenvalue weighted by Gasteiger charge is -2.07. The van der Waals surface area contributed by atoms with E-state index in [1.54, 1.807) is 31.2 Å². The maximum Gasteiger partial charge on any atom is 0.307 e. The van der Waals surface area contributed by atoms with Crippen LogP contribution in [0.15, 0.2) is 24.3 Å². The number of carbonyl (C=O) groups is 1. The number of phenols is 1. The molecule has 1 aromatic rings. The Morgan fingerprint density at radius 1 is 1.28 bits per heavy atom. The molecule has 5 nitrogen and oxygen atoms in total. The lowest BCUT2D eigenvalue weighted by atomic mass is 10.3. The molecule has 0 saturated carbocycles. The van der Waals surface area contributed by atoms with Crippen molar-refractivity contribution in [3.05, 3.63) is 24.3 Å². The Labute approximate surface area is 107 Å². The highest BCUT2D eigenvalue weighted by molar-refractivity contribution is 5.69. The van der Waals surface area contributed by atoms with Crippen LogP contribution >= 0.6 is 0 Å². The number of hydrogen-bond donors (Lipinski definition) is 2. The molecule has 100 valence electrons. The summed E-state index contributed by atoms with van der Waals surface area (Å²) < 4.78 is 10.2. The number of phenolic OH excluding ortho intramolecular Hbond substituents is 1. The van der Waals surface area contributed by atoms with Gasteiger partial charge >= 0.3 is 5.97 Å². The molecule has 0 aromatic heterocycles. The van der Waals surface area contributed by atoms with Crippen molar-refractivity contribution in [2.45, 2.75) is 13.3 Å². The number of hydrogen-bond acceptors (Lipinski definition) is 5. The summed E-state index contributed by atoms with van der Waals surface area (Å²) in [5, 5.41) is 12.2. The predicted molar refractivity (Wildman–Crippen MR) is 67.7 cm³/mol. The zero-order chi connectivity index (χ0) is 13.2. The van der Waals surface area contributed by atoms with Gasteiger partial charge in [-0.1, -0.05) is 0 Å². The zero-order valence-corrected chi connectivity index (χ0v) is 10.5. The van der Waals surface area contributed by atoms with Gasteiger partial charge in [0, 0.05) is 13.1 Å². The second-order valence-electron chi connectivity index (χ2n) is 3.65. The fraction of sp³-hybridized carbons (Fsp3) is 0.462. The van der Waals surface area contributed by atoms with Crippen LogP contribution in [-0.2, 0) is 9.53 Å². The van der Waals surface area contributed by atoms with E-state index in [9.17, 15) is 4.79 Å². The number of carbonyl (C=O) groups excluding carboxylic acids is 1. The molecular formula is C13H19NO4. The molecule has 2 N–H and O–H groups in total. The summed E-state index contributed by atoms with van der Waals surface area (Å²) in [5.41, 5.74) is 0. The first kappa shape index (κ1) is 14.3. The minimum absolute atomic E-state index is 0.190. The molecule has 0 aliphatic heterocycles. The van der Waals surface area contributed by atoms with E-state index in [1.165, 1.54) is 0 Å². The first-order valence-corrected chi connectivity index (χ1v) is 6.00. The third-order valence-corrected chi connectivity index (χ3v) is 2.20. The van der Waals surface area contributed by atoms with E-state index in [0.717, 1.165) is 0 Å². The molecule has 0 aliphatic rings. The fourth-order valence-corrected chi connectivity index (χ4v) is 1.33. The number of esters is 1. The smallest absolute Gasteiger partial charge is 0.307 e. The Hall–Kier alpha value is -1.75. The summed E-state index contributed by atoms with van der Waals surface area (Å²) in [4.78, 5) is 11.0. The lowest BCUT2D eigenvalue weighted by Crippen LogP contribution is -2.24. The van der Waals surface area contributed by atoms with Crippen LogP contribution in [0.1, 0.15) is 13.3 Å². The van der Waals surface area contributed by atoms with Crippen LogP contribution in [0.25, 0.3) is 0 Å². The van der Waals surface area contributed by atoms with Crippen LogP contribution in [0, 0.1) is 0 Å². The summed E-state index contributed by atoms with van der Waals surface area (Å²) in [6.45, 7) is 3.95. The van der Waals surface area contributed by atoms with E-state index in [4.69, 9.17) is 14.6 Å². The molecule has 0 amide bonds. The van der Waals surface area contributed by atoms with Gasteiger partial charge in [-0.05, 0) is 31.2 Å². The zero-order valence-electron chi connectivity index (χ0n) is 10.5. The molecule has 0 radical (unpaired) electrons. The fourth-order valence-electron chi connectivity index (χ4n) is 1.33. The van der Waals surface area contributed by atoms with Gasteiger partial charge in [0.1, 0.15) is 18.1 Å². The molecule has 0 atom stereocenters. The Balaban J connectivity index is 2.02. The second kappa shape index (κ2) is 8.36. The van der Waals surface area contributed by atoms with Crippen LogP contribution in [0.5, 0.6) is 11.5 Å². The second-order valence-corrected chi connectivity index (χ2v) is 3.65. The van der Waals surface area contributed by atoms with E-state index in [0.29, 0.717) is 38.5 Å². The Bertz CT molecular complexity index is 351. The van der Waals surface area contributed by atoms with Crippen LogP contribution in [0.3, 0.4) is 0 Å². The molecule has 0 aliphatic carbocycles. The summed E-state index contributed by atoms with van der Waals surface area (Å²) in [6.07, 6.45) is 0.368. The van der Waals surface area contributed by atoms with Crippen LogP contribution in [0.4, 0.5) is 0 Å². The normalized spacial score (nSPS) is 10.1. The molecule has 0 spiro atoms. The minimum Gasteiger partial charge on any atom is -0.508 e. The number of nitrogens with one attached hydrogen (secondary N) is 1. The lowest BCUT2D eigenvalue weighted by molar-refractivity contribution is -0.142. The molecule has 1 rings (SSSR count). The average Bonchev–Trinajstić information content (AvgIpc) is 2.36. The average molecular weight is 253 g/mol. The number of benzene rings is 1. The molecule has 18 heavy (non-hydrogen) atoms. The molecule has 5 heteroatoms. The topological polar surface area (TPSA) is 67.8 Å². The molecule has 0 fully saturated rings. The third kappa shape index (κ3) is 6.10. The molecule has 0 unspecified atom stereocenters. The van der Waals surface area contributed by atoms with Gasteiger partial charge < -0.3 is 19.9 Å².